The molecule has 0 amide bonds. The second kappa shape index (κ2) is 7.49. The molecular weight excluding hydrogens is 232 g/mol. The molecule has 1 aromatic rings. The highest BCUT2D eigenvalue weighted by Gasteiger charge is 2.08. The van der Waals surface area contributed by atoms with Crippen LogP contribution in [0.25, 0.3) is 0 Å². The van der Waals surface area contributed by atoms with Gasteiger partial charge in [0.15, 0.2) is 11.5 Å². The summed E-state index contributed by atoms with van der Waals surface area (Å²) >= 11 is 2.02. The van der Waals surface area contributed by atoms with Gasteiger partial charge in [-0.1, -0.05) is 19.9 Å². The Morgan fingerprint density at radius 2 is 1.88 bits per heavy atom. The lowest BCUT2D eigenvalue weighted by Crippen LogP contribution is -2.03. The van der Waals surface area contributed by atoms with Gasteiger partial charge in [0.1, 0.15) is 0 Å². The van der Waals surface area contributed by atoms with Gasteiger partial charge >= 0.3 is 0 Å². The zero-order valence-corrected chi connectivity index (χ0v) is 12.0. The molecule has 0 aromatic heterocycles. The quantitative estimate of drug-likeness (QED) is 0.738. The van der Waals surface area contributed by atoms with Gasteiger partial charge < -0.3 is 9.47 Å². The Morgan fingerprint density at radius 3 is 2.47 bits per heavy atom. The molecule has 0 N–H and O–H groups in total. The van der Waals surface area contributed by atoms with Crippen molar-refractivity contribution in [1.29, 1.82) is 0 Å². The lowest BCUT2D eigenvalue weighted by atomic mass is 10.1. The summed E-state index contributed by atoms with van der Waals surface area (Å²) in [5.41, 5.74) is 1.30. The van der Waals surface area contributed by atoms with Crippen molar-refractivity contribution in [3.63, 3.8) is 0 Å². The molecule has 17 heavy (non-hydrogen) atoms. The minimum absolute atomic E-state index is 0.646. The average Bonchev–Trinajstić information content (AvgIpc) is 2.36. The maximum Gasteiger partial charge on any atom is 0.160 e. The Bertz CT molecular complexity index is 339. The van der Waals surface area contributed by atoms with Gasteiger partial charge in [0.05, 0.1) is 14.2 Å². The number of benzene rings is 1. The molecule has 0 bridgehead atoms. The molecule has 1 rings (SSSR count). The maximum atomic E-state index is 5.31. The number of ether oxygens (including phenoxy) is 2. The molecule has 0 aliphatic rings. The molecule has 0 heterocycles. The van der Waals surface area contributed by atoms with E-state index in [9.17, 15) is 0 Å². The van der Waals surface area contributed by atoms with E-state index in [0.717, 1.165) is 17.9 Å². The van der Waals surface area contributed by atoms with Gasteiger partial charge in [0.2, 0.25) is 0 Å². The van der Waals surface area contributed by atoms with Gasteiger partial charge in [0.25, 0.3) is 0 Å². The van der Waals surface area contributed by atoms with Crippen LogP contribution in [0, 0.1) is 0 Å². The molecule has 0 fully saturated rings. The van der Waals surface area contributed by atoms with Gasteiger partial charge in [0, 0.05) is 5.25 Å². The first-order valence-electron chi connectivity index (χ1n) is 6.03. The van der Waals surface area contributed by atoms with Crippen molar-refractivity contribution in [2.24, 2.45) is 0 Å². The highest BCUT2D eigenvalue weighted by molar-refractivity contribution is 7.99. The minimum atomic E-state index is 0.646. The first-order valence-corrected chi connectivity index (χ1v) is 7.08. The third kappa shape index (κ3) is 4.50. The van der Waals surface area contributed by atoms with Gasteiger partial charge in [-0.15, -0.1) is 0 Å². The van der Waals surface area contributed by atoms with Crippen molar-refractivity contribution in [2.75, 3.05) is 20.0 Å². The van der Waals surface area contributed by atoms with Crippen LogP contribution in [0.1, 0.15) is 25.8 Å². The molecule has 0 radical (unpaired) electrons. The molecule has 0 saturated heterocycles. The third-order valence-corrected chi connectivity index (χ3v) is 3.96. The van der Waals surface area contributed by atoms with Crippen LogP contribution in [0.2, 0.25) is 0 Å². The molecule has 0 spiro atoms. The van der Waals surface area contributed by atoms with Crippen molar-refractivity contribution < 1.29 is 9.47 Å². The van der Waals surface area contributed by atoms with E-state index in [0.29, 0.717) is 5.25 Å². The first-order chi connectivity index (χ1) is 8.21. The van der Waals surface area contributed by atoms with Gasteiger partial charge in [-0.2, -0.15) is 11.8 Å². The molecule has 2 nitrogen and oxygen atoms in total. The lowest BCUT2D eigenvalue weighted by Gasteiger charge is -2.13. The molecule has 1 atom stereocenters. The normalized spacial score (nSPS) is 12.2. The standard InChI is InChI=1S/C14H22O2S/c1-5-8-17-11(2)9-12-6-7-13(15-3)14(10-12)16-4/h6-7,10-11H,5,8-9H2,1-4H3. The topological polar surface area (TPSA) is 18.5 Å². The Labute approximate surface area is 109 Å². The summed E-state index contributed by atoms with van der Waals surface area (Å²) in [6.07, 6.45) is 2.31. The predicted molar refractivity (Wildman–Crippen MR) is 75.5 cm³/mol. The molecule has 1 unspecified atom stereocenters. The van der Waals surface area contributed by atoms with Crippen LogP contribution in [0.3, 0.4) is 0 Å². The van der Waals surface area contributed by atoms with E-state index in [-0.39, 0.29) is 0 Å². The molecular formula is C14H22O2S. The largest absolute Gasteiger partial charge is 0.493 e. The fourth-order valence-electron chi connectivity index (χ4n) is 1.72. The van der Waals surface area contributed by atoms with E-state index in [1.807, 2.05) is 17.8 Å². The average molecular weight is 254 g/mol. The van der Waals surface area contributed by atoms with Crippen LogP contribution in [0.15, 0.2) is 18.2 Å². The summed E-state index contributed by atoms with van der Waals surface area (Å²) in [5.74, 6) is 2.84. The number of rotatable bonds is 7. The monoisotopic (exact) mass is 254 g/mol. The fourth-order valence-corrected chi connectivity index (χ4v) is 2.67. The molecule has 96 valence electrons. The van der Waals surface area contributed by atoms with Crippen molar-refractivity contribution in [3.8, 4) is 11.5 Å². The van der Waals surface area contributed by atoms with Crippen molar-refractivity contribution in [2.45, 2.75) is 31.9 Å². The Balaban J connectivity index is 2.65. The first kappa shape index (κ1) is 14.2. The van der Waals surface area contributed by atoms with E-state index in [1.54, 1.807) is 14.2 Å². The molecule has 1 aromatic carbocycles. The summed E-state index contributed by atoms with van der Waals surface area (Å²) in [7, 11) is 3.34. The predicted octanol–water partition coefficient (Wildman–Crippen LogP) is 3.78. The molecule has 0 aliphatic heterocycles. The lowest BCUT2D eigenvalue weighted by molar-refractivity contribution is 0.354. The zero-order valence-electron chi connectivity index (χ0n) is 11.2. The summed E-state index contributed by atoms with van der Waals surface area (Å²) in [4.78, 5) is 0. The van der Waals surface area contributed by atoms with Gasteiger partial charge in [-0.05, 0) is 36.3 Å². The molecule has 0 saturated carbocycles. The van der Waals surface area contributed by atoms with Crippen LogP contribution in [-0.2, 0) is 6.42 Å². The fraction of sp³-hybridized carbons (Fsp3) is 0.571. The third-order valence-electron chi connectivity index (χ3n) is 2.58. The van der Waals surface area contributed by atoms with E-state index in [1.165, 1.54) is 17.7 Å². The van der Waals surface area contributed by atoms with Gasteiger partial charge in [-0.3, -0.25) is 0 Å². The maximum absolute atomic E-state index is 5.31. The number of methoxy groups -OCH3 is 2. The molecule has 3 heteroatoms. The van der Waals surface area contributed by atoms with Crippen LogP contribution < -0.4 is 9.47 Å². The number of thioether (sulfide) groups is 1. The smallest absolute Gasteiger partial charge is 0.160 e. The highest BCUT2D eigenvalue weighted by atomic mass is 32.2. The minimum Gasteiger partial charge on any atom is -0.493 e. The second-order valence-electron chi connectivity index (χ2n) is 4.07. The van der Waals surface area contributed by atoms with Gasteiger partial charge in [-0.25, -0.2) is 0 Å². The zero-order chi connectivity index (χ0) is 12.7. The van der Waals surface area contributed by atoms with Crippen LogP contribution in [0.4, 0.5) is 0 Å². The SMILES string of the molecule is CCCSC(C)Cc1ccc(OC)c(OC)c1. The van der Waals surface area contributed by atoms with Crippen LogP contribution in [0.5, 0.6) is 11.5 Å². The number of hydrogen-bond donors (Lipinski definition) is 0. The van der Waals surface area contributed by atoms with E-state index in [4.69, 9.17) is 9.47 Å². The summed E-state index contributed by atoms with van der Waals surface area (Å²) in [5, 5.41) is 0.646. The number of hydrogen-bond acceptors (Lipinski definition) is 3. The summed E-state index contributed by atoms with van der Waals surface area (Å²) < 4.78 is 10.5. The Morgan fingerprint density at radius 1 is 1.18 bits per heavy atom. The molecule has 0 aliphatic carbocycles. The Kier molecular flexibility index (Phi) is 6.27. The van der Waals surface area contributed by atoms with Crippen molar-refractivity contribution in [3.05, 3.63) is 23.8 Å². The van der Waals surface area contributed by atoms with E-state index < -0.39 is 0 Å². The summed E-state index contributed by atoms with van der Waals surface area (Å²) in [6, 6.07) is 6.16. The Hall–Kier alpha value is -0.830. The van der Waals surface area contributed by atoms with Crippen molar-refractivity contribution in [1.82, 2.24) is 0 Å². The van der Waals surface area contributed by atoms with E-state index >= 15 is 0 Å². The van der Waals surface area contributed by atoms with Crippen molar-refractivity contribution >= 4 is 11.8 Å². The second-order valence-corrected chi connectivity index (χ2v) is 5.62. The summed E-state index contributed by atoms with van der Waals surface area (Å²) in [6.45, 7) is 4.49. The van der Waals surface area contributed by atoms with Crippen LogP contribution >= 0.6 is 11.8 Å². The van der Waals surface area contributed by atoms with Crippen LogP contribution in [-0.4, -0.2) is 25.2 Å². The van der Waals surface area contributed by atoms with E-state index in [2.05, 4.69) is 26.0 Å². The highest BCUT2D eigenvalue weighted by Crippen LogP contribution is 2.29.